The second-order valence-electron chi connectivity index (χ2n) is 6.21. The van der Waals surface area contributed by atoms with E-state index in [9.17, 15) is 8.42 Å². The molecule has 4 nitrogen and oxygen atoms in total. The van der Waals surface area contributed by atoms with Crippen LogP contribution < -0.4 is 5.73 Å². The first kappa shape index (κ1) is 16.9. The van der Waals surface area contributed by atoms with Gasteiger partial charge in [0.25, 0.3) is 0 Å². The predicted octanol–water partition coefficient (Wildman–Crippen LogP) is 1.65. The molecule has 1 saturated carbocycles. The van der Waals surface area contributed by atoms with Crippen LogP contribution in [0.1, 0.15) is 45.4 Å². The summed E-state index contributed by atoms with van der Waals surface area (Å²) < 4.78 is 22.6. The van der Waals surface area contributed by atoms with E-state index < -0.39 is 9.84 Å². The minimum Gasteiger partial charge on any atom is -0.329 e. The Hall–Kier alpha value is -0.130. The van der Waals surface area contributed by atoms with Gasteiger partial charge in [0.1, 0.15) is 9.84 Å². The molecular weight excluding hydrogens is 260 g/mol. The summed E-state index contributed by atoms with van der Waals surface area (Å²) in [5, 5.41) is 0. The fourth-order valence-electron chi connectivity index (χ4n) is 3.19. The molecule has 0 atom stereocenters. The third-order valence-electron chi connectivity index (χ3n) is 4.72. The van der Waals surface area contributed by atoms with E-state index in [2.05, 4.69) is 11.8 Å². The van der Waals surface area contributed by atoms with Crippen LogP contribution >= 0.6 is 0 Å². The second-order valence-corrected chi connectivity index (χ2v) is 8.47. The third-order valence-corrected chi connectivity index (χ3v) is 5.64. The Balaban J connectivity index is 2.56. The lowest BCUT2D eigenvalue weighted by atomic mass is 9.74. The Morgan fingerprint density at radius 2 is 1.89 bits per heavy atom. The monoisotopic (exact) mass is 290 g/mol. The van der Waals surface area contributed by atoms with E-state index in [4.69, 9.17) is 5.73 Å². The van der Waals surface area contributed by atoms with Gasteiger partial charge in [0.2, 0.25) is 0 Å². The lowest BCUT2D eigenvalue weighted by molar-refractivity contribution is 0.0681. The highest BCUT2D eigenvalue weighted by Gasteiger charge is 2.37. The van der Waals surface area contributed by atoms with Gasteiger partial charge < -0.3 is 5.73 Å². The Labute approximate surface area is 118 Å². The van der Waals surface area contributed by atoms with Crippen molar-refractivity contribution in [2.24, 2.45) is 11.7 Å². The first-order valence-corrected chi connectivity index (χ1v) is 9.48. The van der Waals surface area contributed by atoms with E-state index in [1.54, 1.807) is 0 Å². The maximum atomic E-state index is 11.3. The van der Waals surface area contributed by atoms with Crippen LogP contribution in [0.25, 0.3) is 0 Å². The van der Waals surface area contributed by atoms with Crippen molar-refractivity contribution < 1.29 is 8.42 Å². The van der Waals surface area contributed by atoms with Crippen LogP contribution in [0.15, 0.2) is 0 Å². The molecule has 0 spiro atoms. The Bertz CT molecular complexity index is 360. The molecule has 1 rings (SSSR count). The van der Waals surface area contributed by atoms with Crippen LogP contribution in [0, 0.1) is 5.92 Å². The van der Waals surface area contributed by atoms with Gasteiger partial charge in [-0.1, -0.05) is 19.8 Å². The highest BCUT2D eigenvalue weighted by Crippen LogP contribution is 2.37. The van der Waals surface area contributed by atoms with Crippen LogP contribution in [0.4, 0.5) is 0 Å². The van der Waals surface area contributed by atoms with Crippen molar-refractivity contribution in [3.8, 4) is 0 Å². The molecule has 1 aliphatic rings. The van der Waals surface area contributed by atoms with Crippen molar-refractivity contribution >= 4 is 9.84 Å². The summed E-state index contributed by atoms with van der Waals surface area (Å²) in [4.78, 5) is 2.19. The summed E-state index contributed by atoms with van der Waals surface area (Å²) in [6.45, 7) is 3.46. The van der Waals surface area contributed by atoms with E-state index in [1.807, 2.05) is 7.05 Å². The number of hydrogen-bond acceptors (Lipinski definition) is 4. The van der Waals surface area contributed by atoms with Crippen molar-refractivity contribution in [1.82, 2.24) is 4.90 Å². The summed E-state index contributed by atoms with van der Waals surface area (Å²) in [6, 6.07) is 0. The average molecular weight is 290 g/mol. The van der Waals surface area contributed by atoms with Gasteiger partial charge in [-0.15, -0.1) is 0 Å². The van der Waals surface area contributed by atoms with Gasteiger partial charge in [0.05, 0.1) is 5.75 Å². The average Bonchev–Trinajstić information content (AvgIpc) is 2.36. The molecular formula is C14H30N2O2S. The number of nitrogens with zero attached hydrogens (tertiary/aromatic N) is 1. The lowest BCUT2D eigenvalue weighted by Gasteiger charge is -2.46. The molecule has 19 heavy (non-hydrogen) atoms. The molecule has 0 bridgehead atoms. The van der Waals surface area contributed by atoms with Crippen molar-refractivity contribution in [2.45, 2.75) is 51.0 Å². The molecule has 0 heterocycles. The molecule has 0 saturated heterocycles. The zero-order valence-electron chi connectivity index (χ0n) is 12.7. The zero-order chi connectivity index (χ0) is 14.5. The van der Waals surface area contributed by atoms with Crippen LogP contribution in [0.2, 0.25) is 0 Å². The van der Waals surface area contributed by atoms with Crippen LogP contribution in [0.3, 0.4) is 0 Å². The largest absolute Gasteiger partial charge is 0.329 e. The molecule has 114 valence electrons. The highest BCUT2D eigenvalue weighted by atomic mass is 32.2. The fraction of sp³-hybridized carbons (Fsp3) is 1.00. The lowest BCUT2D eigenvalue weighted by Crippen LogP contribution is -2.55. The Kier molecular flexibility index (Phi) is 6.27. The van der Waals surface area contributed by atoms with Crippen LogP contribution in [-0.2, 0) is 9.84 Å². The number of rotatable bonds is 7. The standard InChI is InChI=1S/C14H30N2O2S/c1-4-5-13-6-8-14(12-15,9-7-13)16(2)10-11-19(3,17)18/h13H,4-12,15H2,1-3H3. The quantitative estimate of drug-likeness (QED) is 0.774. The van der Waals surface area contributed by atoms with Gasteiger partial charge >= 0.3 is 0 Å². The summed E-state index contributed by atoms with van der Waals surface area (Å²) in [5.41, 5.74) is 6.03. The minimum atomic E-state index is -2.89. The molecule has 2 N–H and O–H groups in total. The van der Waals surface area contributed by atoms with E-state index >= 15 is 0 Å². The zero-order valence-corrected chi connectivity index (χ0v) is 13.5. The molecule has 0 amide bonds. The predicted molar refractivity (Wildman–Crippen MR) is 81.0 cm³/mol. The van der Waals surface area contributed by atoms with Crippen molar-refractivity contribution in [3.05, 3.63) is 0 Å². The number of hydrogen-bond donors (Lipinski definition) is 1. The minimum absolute atomic E-state index is 0.0227. The van der Waals surface area contributed by atoms with Gasteiger partial charge in [-0.3, -0.25) is 4.90 Å². The maximum absolute atomic E-state index is 11.3. The second kappa shape index (κ2) is 7.04. The van der Waals surface area contributed by atoms with E-state index in [0.29, 0.717) is 13.1 Å². The Morgan fingerprint density at radius 1 is 1.32 bits per heavy atom. The van der Waals surface area contributed by atoms with E-state index in [1.165, 1.54) is 31.9 Å². The third kappa shape index (κ3) is 5.04. The molecule has 0 aromatic rings. The van der Waals surface area contributed by atoms with E-state index in [0.717, 1.165) is 18.8 Å². The molecule has 0 radical (unpaired) electrons. The normalized spacial score (nSPS) is 28.8. The first-order chi connectivity index (χ1) is 8.83. The summed E-state index contributed by atoms with van der Waals surface area (Å²) in [6.07, 6.45) is 8.54. The van der Waals surface area contributed by atoms with Crippen LogP contribution in [0.5, 0.6) is 0 Å². The van der Waals surface area contributed by atoms with Gasteiger partial charge in [-0.2, -0.15) is 0 Å². The van der Waals surface area contributed by atoms with Crippen LogP contribution in [-0.4, -0.2) is 51.0 Å². The fourth-order valence-corrected chi connectivity index (χ4v) is 3.80. The van der Waals surface area contributed by atoms with Gasteiger partial charge in [-0.05, 0) is 38.6 Å². The number of likely N-dealkylation sites (N-methyl/N-ethyl adjacent to an activating group) is 1. The summed E-state index contributed by atoms with van der Waals surface area (Å²) in [7, 11) is -0.869. The highest BCUT2D eigenvalue weighted by molar-refractivity contribution is 7.90. The molecule has 0 aromatic carbocycles. The number of sulfone groups is 1. The van der Waals surface area contributed by atoms with Crippen molar-refractivity contribution in [2.75, 3.05) is 32.1 Å². The summed E-state index contributed by atoms with van der Waals surface area (Å²) >= 11 is 0. The van der Waals surface area contributed by atoms with Crippen molar-refractivity contribution in [3.63, 3.8) is 0 Å². The van der Waals surface area contributed by atoms with Crippen molar-refractivity contribution in [1.29, 1.82) is 0 Å². The molecule has 1 fully saturated rings. The summed E-state index contributed by atoms with van der Waals surface area (Å²) in [5.74, 6) is 1.07. The first-order valence-electron chi connectivity index (χ1n) is 7.42. The van der Waals surface area contributed by atoms with Gasteiger partial charge in [-0.25, -0.2) is 8.42 Å². The maximum Gasteiger partial charge on any atom is 0.148 e. The van der Waals surface area contributed by atoms with E-state index in [-0.39, 0.29) is 11.3 Å². The molecule has 1 aliphatic carbocycles. The molecule has 5 heteroatoms. The SMILES string of the molecule is CCCC1CCC(CN)(N(C)CCS(C)(=O)=O)CC1. The van der Waals surface area contributed by atoms with Gasteiger partial charge in [0, 0.05) is 24.9 Å². The Morgan fingerprint density at radius 3 is 2.32 bits per heavy atom. The molecule has 0 unspecified atom stereocenters. The smallest absolute Gasteiger partial charge is 0.148 e. The number of nitrogens with two attached hydrogens (primary N) is 1. The topological polar surface area (TPSA) is 63.4 Å². The molecule has 0 aromatic heterocycles. The molecule has 0 aliphatic heterocycles. The van der Waals surface area contributed by atoms with Gasteiger partial charge in [0.15, 0.2) is 0 Å².